The molecule has 0 atom stereocenters. The fourth-order valence-corrected chi connectivity index (χ4v) is 1.64. The summed E-state index contributed by atoms with van der Waals surface area (Å²) in [4.78, 5) is 4.21. The molecule has 0 fully saturated rings. The number of benzene rings is 1. The number of hydrogen-bond donors (Lipinski definition) is 3. The Balaban J connectivity index is 2.80. The number of ether oxygens (including phenoxy) is 2. The van der Waals surface area contributed by atoms with Crippen molar-refractivity contribution in [2.24, 2.45) is 10.8 Å². The molecule has 0 aliphatic carbocycles. The fourth-order valence-electron chi connectivity index (χ4n) is 1.28. The SMILES string of the molecule is COCCN=C(NN)Nc1cc(Br)ccc1OC. The summed E-state index contributed by atoms with van der Waals surface area (Å²) in [7, 11) is 3.22. The minimum absolute atomic E-state index is 0.448. The second-order valence-corrected chi connectivity index (χ2v) is 4.25. The largest absolute Gasteiger partial charge is 0.495 e. The molecule has 1 aromatic carbocycles. The van der Waals surface area contributed by atoms with E-state index in [1.165, 1.54) is 0 Å². The zero-order chi connectivity index (χ0) is 13.4. The van der Waals surface area contributed by atoms with E-state index in [0.717, 1.165) is 10.2 Å². The maximum atomic E-state index is 5.40. The van der Waals surface area contributed by atoms with Crippen molar-refractivity contribution in [2.75, 3.05) is 32.7 Å². The van der Waals surface area contributed by atoms with E-state index in [0.29, 0.717) is 24.9 Å². The molecule has 4 N–H and O–H groups in total. The zero-order valence-corrected chi connectivity index (χ0v) is 12.0. The molecule has 100 valence electrons. The van der Waals surface area contributed by atoms with Crippen molar-refractivity contribution in [1.29, 1.82) is 0 Å². The molecule has 0 unspecified atom stereocenters. The van der Waals surface area contributed by atoms with Gasteiger partial charge in [-0.15, -0.1) is 0 Å². The monoisotopic (exact) mass is 316 g/mol. The molecular weight excluding hydrogens is 300 g/mol. The molecule has 0 saturated carbocycles. The molecule has 0 bridgehead atoms. The van der Waals surface area contributed by atoms with Gasteiger partial charge < -0.3 is 14.8 Å². The Kier molecular flexibility index (Phi) is 6.48. The maximum absolute atomic E-state index is 5.40. The molecule has 18 heavy (non-hydrogen) atoms. The molecule has 0 aliphatic heterocycles. The Morgan fingerprint density at radius 2 is 2.22 bits per heavy atom. The van der Waals surface area contributed by atoms with Gasteiger partial charge in [0.15, 0.2) is 0 Å². The van der Waals surface area contributed by atoms with Gasteiger partial charge in [-0.05, 0) is 18.2 Å². The van der Waals surface area contributed by atoms with E-state index in [1.807, 2.05) is 18.2 Å². The third-order valence-electron chi connectivity index (χ3n) is 2.12. The van der Waals surface area contributed by atoms with Crippen LogP contribution in [0.5, 0.6) is 5.75 Å². The van der Waals surface area contributed by atoms with Gasteiger partial charge in [0.1, 0.15) is 5.75 Å². The summed E-state index contributed by atoms with van der Waals surface area (Å²) < 4.78 is 11.1. The standard InChI is InChI=1S/C11H17BrN4O2/c1-17-6-5-14-11(16-13)15-9-7-8(12)3-4-10(9)18-2/h3-4,7H,5-6,13H2,1-2H3,(H2,14,15,16). The van der Waals surface area contributed by atoms with Gasteiger partial charge in [-0.2, -0.15) is 0 Å². The Morgan fingerprint density at radius 3 is 2.83 bits per heavy atom. The number of nitrogens with one attached hydrogen (secondary N) is 2. The van der Waals surface area contributed by atoms with E-state index in [2.05, 4.69) is 31.7 Å². The van der Waals surface area contributed by atoms with Crippen LogP contribution in [0.3, 0.4) is 0 Å². The molecule has 1 aromatic rings. The lowest BCUT2D eigenvalue weighted by Crippen LogP contribution is -2.36. The van der Waals surface area contributed by atoms with Crippen molar-refractivity contribution in [3.63, 3.8) is 0 Å². The minimum Gasteiger partial charge on any atom is -0.495 e. The average Bonchev–Trinajstić information content (AvgIpc) is 2.38. The van der Waals surface area contributed by atoms with Crippen molar-refractivity contribution >= 4 is 27.6 Å². The van der Waals surface area contributed by atoms with Gasteiger partial charge >= 0.3 is 0 Å². The predicted octanol–water partition coefficient (Wildman–Crippen LogP) is 1.34. The molecule has 0 amide bonds. The number of guanidine groups is 1. The van der Waals surface area contributed by atoms with Gasteiger partial charge in [0.2, 0.25) is 5.96 Å². The van der Waals surface area contributed by atoms with Crippen LogP contribution < -0.4 is 21.3 Å². The lowest BCUT2D eigenvalue weighted by Gasteiger charge is -2.13. The van der Waals surface area contributed by atoms with Crippen LogP contribution >= 0.6 is 15.9 Å². The topological polar surface area (TPSA) is 80.9 Å². The van der Waals surface area contributed by atoms with E-state index < -0.39 is 0 Å². The van der Waals surface area contributed by atoms with Crippen LogP contribution in [-0.2, 0) is 4.74 Å². The Morgan fingerprint density at radius 1 is 1.44 bits per heavy atom. The quantitative estimate of drug-likeness (QED) is 0.251. The fraction of sp³-hybridized carbons (Fsp3) is 0.364. The lowest BCUT2D eigenvalue weighted by molar-refractivity contribution is 0.208. The summed E-state index contributed by atoms with van der Waals surface area (Å²) in [5, 5.41) is 3.05. The first-order valence-corrected chi connectivity index (χ1v) is 6.11. The second kappa shape index (κ2) is 7.91. The molecule has 0 spiro atoms. The molecule has 0 aromatic heterocycles. The highest BCUT2D eigenvalue weighted by Crippen LogP contribution is 2.27. The first kappa shape index (κ1) is 14.7. The van der Waals surface area contributed by atoms with Crippen LogP contribution in [0.2, 0.25) is 0 Å². The molecule has 6 nitrogen and oxygen atoms in total. The van der Waals surface area contributed by atoms with Crippen molar-refractivity contribution < 1.29 is 9.47 Å². The van der Waals surface area contributed by atoms with Crippen LogP contribution in [0.1, 0.15) is 0 Å². The van der Waals surface area contributed by atoms with E-state index in [-0.39, 0.29) is 0 Å². The molecule has 0 aliphatic rings. The van der Waals surface area contributed by atoms with Crippen LogP contribution in [0.25, 0.3) is 0 Å². The Hall–Kier alpha value is -1.31. The number of hydrogen-bond acceptors (Lipinski definition) is 4. The summed E-state index contributed by atoms with van der Waals surface area (Å²) in [6, 6.07) is 5.61. The lowest BCUT2D eigenvalue weighted by atomic mass is 10.3. The summed E-state index contributed by atoms with van der Waals surface area (Å²) >= 11 is 3.39. The second-order valence-electron chi connectivity index (χ2n) is 3.34. The van der Waals surface area contributed by atoms with Crippen LogP contribution in [0, 0.1) is 0 Å². The zero-order valence-electron chi connectivity index (χ0n) is 10.4. The third-order valence-corrected chi connectivity index (χ3v) is 2.61. The smallest absolute Gasteiger partial charge is 0.210 e. The van der Waals surface area contributed by atoms with Crippen LogP contribution in [-0.4, -0.2) is 33.3 Å². The molecule has 1 rings (SSSR count). The van der Waals surface area contributed by atoms with E-state index in [4.69, 9.17) is 15.3 Å². The van der Waals surface area contributed by atoms with Gasteiger partial charge in [0, 0.05) is 11.6 Å². The van der Waals surface area contributed by atoms with Gasteiger partial charge in [-0.25, -0.2) is 10.8 Å². The van der Waals surface area contributed by atoms with Gasteiger partial charge in [0.25, 0.3) is 0 Å². The third kappa shape index (κ3) is 4.52. The number of hydrazine groups is 1. The molecule has 7 heteroatoms. The first-order chi connectivity index (χ1) is 8.71. The summed E-state index contributed by atoms with van der Waals surface area (Å²) in [6.07, 6.45) is 0. The number of anilines is 1. The van der Waals surface area contributed by atoms with E-state index in [1.54, 1.807) is 14.2 Å². The highest BCUT2D eigenvalue weighted by Gasteiger charge is 2.05. The number of nitrogens with zero attached hydrogens (tertiary/aromatic N) is 1. The van der Waals surface area contributed by atoms with Gasteiger partial charge in [0.05, 0.1) is 25.9 Å². The van der Waals surface area contributed by atoms with Crippen LogP contribution in [0.4, 0.5) is 5.69 Å². The highest BCUT2D eigenvalue weighted by atomic mass is 79.9. The van der Waals surface area contributed by atoms with Crippen molar-refractivity contribution in [2.45, 2.75) is 0 Å². The number of halogens is 1. The first-order valence-electron chi connectivity index (χ1n) is 5.31. The summed E-state index contributed by atoms with van der Waals surface area (Å²) in [5.74, 6) is 6.55. The van der Waals surface area contributed by atoms with Crippen LogP contribution in [0.15, 0.2) is 27.7 Å². The average molecular weight is 317 g/mol. The summed E-state index contributed by atoms with van der Waals surface area (Å²) in [5.41, 5.74) is 3.26. The number of methoxy groups -OCH3 is 2. The minimum atomic E-state index is 0.448. The van der Waals surface area contributed by atoms with Crippen molar-refractivity contribution in [3.8, 4) is 5.75 Å². The summed E-state index contributed by atoms with van der Waals surface area (Å²) in [6.45, 7) is 1.04. The Labute approximate surface area is 115 Å². The normalized spacial score (nSPS) is 11.2. The molecular formula is C11H17BrN4O2. The molecule has 0 radical (unpaired) electrons. The molecule has 0 heterocycles. The Bertz CT molecular complexity index is 412. The maximum Gasteiger partial charge on any atom is 0.210 e. The number of nitrogens with two attached hydrogens (primary N) is 1. The van der Waals surface area contributed by atoms with Crippen molar-refractivity contribution in [3.05, 3.63) is 22.7 Å². The van der Waals surface area contributed by atoms with Gasteiger partial charge in [-0.1, -0.05) is 15.9 Å². The number of rotatable bonds is 5. The highest BCUT2D eigenvalue weighted by molar-refractivity contribution is 9.10. The molecule has 0 saturated heterocycles. The predicted molar refractivity (Wildman–Crippen MR) is 75.8 cm³/mol. The van der Waals surface area contributed by atoms with Crippen molar-refractivity contribution in [1.82, 2.24) is 5.43 Å². The van der Waals surface area contributed by atoms with Gasteiger partial charge in [-0.3, -0.25) is 5.43 Å². The number of aliphatic imine (C=N–C) groups is 1. The van der Waals surface area contributed by atoms with E-state index >= 15 is 0 Å². The van der Waals surface area contributed by atoms with E-state index in [9.17, 15) is 0 Å².